The molecule has 1 saturated carbocycles. The fraction of sp³-hybridized carbons (Fsp3) is 0.480. The number of fused-ring (bicyclic) bond motifs is 1. The fourth-order valence-electron chi connectivity index (χ4n) is 5.08. The van der Waals surface area contributed by atoms with Crippen molar-refractivity contribution < 1.29 is 13.2 Å². The summed E-state index contributed by atoms with van der Waals surface area (Å²) in [4.78, 5) is 15.2. The highest BCUT2D eigenvalue weighted by Gasteiger charge is 2.35. The molecule has 2 fully saturated rings. The molecule has 5 rings (SSSR count). The third-order valence-electron chi connectivity index (χ3n) is 7.02. The molecule has 10 heteroatoms. The first-order valence-corrected chi connectivity index (χ1v) is 13.0. The number of halogens is 3. The van der Waals surface area contributed by atoms with Crippen LogP contribution in [0.1, 0.15) is 55.4 Å². The Hall–Kier alpha value is -2.27. The van der Waals surface area contributed by atoms with Crippen molar-refractivity contribution in [3.8, 4) is 5.69 Å². The van der Waals surface area contributed by atoms with Gasteiger partial charge in [-0.1, -0.05) is 31.4 Å². The smallest absolute Gasteiger partial charge is 0.267 e. The maximum absolute atomic E-state index is 13.5. The normalized spacial score (nSPS) is 21.7. The lowest BCUT2D eigenvalue weighted by Crippen LogP contribution is -2.43. The van der Waals surface area contributed by atoms with Crippen LogP contribution in [0.3, 0.4) is 0 Å². The molecule has 3 aromatic rings. The largest absolute Gasteiger partial charge is 0.418 e. The van der Waals surface area contributed by atoms with Crippen molar-refractivity contribution in [2.45, 2.75) is 62.0 Å². The zero-order valence-electron chi connectivity index (χ0n) is 19.8. The quantitative estimate of drug-likeness (QED) is 0.515. The molecule has 1 aliphatic heterocycles. The van der Waals surface area contributed by atoms with Crippen LogP contribution in [0.4, 0.5) is 13.2 Å². The van der Waals surface area contributed by atoms with Crippen LogP contribution in [-0.4, -0.2) is 44.1 Å². The molecule has 3 heterocycles. The number of alkyl halides is 3. The van der Waals surface area contributed by atoms with E-state index in [-0.39, 0.29) is 16.3 Å². The van der Waals surface area contributed by atoms with Crippen LogP contribution in [0, 0.1) is 0 Å². The van der Waals surface area contributed by atoms with Gasteiger partial charge in [-0.3, -0.25) is 13.9 Å². The first kappa shape index (κ1) is 24.4. The van der Waals surface area contributed by atoms with Crippen LogP contribution in [0.2, 0.25) is 0 Å². The van der Waals surface area contributed by atoms with Gasteiger partial charge in [0.15, 0.2) is 0 Å². The van der Waals surface area contributed by atoms with Gasteiger partial charge in [-0.05, 0) is 56.6 Å². The summed E-state index contributed by atoms with van der Waals surface area (Å²) in [5.74, 6) is 0. The van der Waals surface area contributed by atoms with Gasteiger partial charge in [-0.25, -0.2) is 15.2 Å². The number of nitrogens with zero attached hydrogens (tertiary/aromatic N) is 4. The van der Waals surface area contributed by atoms with Crippen molar-refractivity contribution in [3.63, 3.8) is 0 Å². The standard InChI is InChI=1S/C25H30F3N5OS/c1-17(35-23-29-33(16-30(23)2)19-9-4-3-5-10-19)18-8-6-11-20(14-18)32-15-22-21(25(26,27)28)12-7-13-31(22)24(32)34/h6-8,11-15,17,19,23,29H,3-5,9-10,16H2,1-2H3/t17-,23?/m0/s1. The van der Waals surface area contributed by atoms with E-state index in [0.717, 1.165) is 22.7 Å². The Morgan fingerprint density at radius 3 is 2.63 bits per heavy atom. The Morgan fingerprint density at radius 2 is 1.89 bits per heavy atom. The van der Waals surface area contributed by atoms with Crippen molar-refractivity contribution in [2.24, 2.45) is 0 Å². The minimum Gasteiger partial charge on any atom is -0.267 e. The third-order valence-corrected chi connectivity index (χ3v) is 8.42. The van der Waals surface area contributed by atoms with Gasteiger partial charge in [0, 0.05) is 23.7 Å². The van der Waals surface area contributed by atoms with E-state index >= 15 is 0 Å². The molecule has 2 aromatic heterocycles. The van der Waals surface area contributed by atoms with Crippen molar-refractivity contribution in [1.82, 2.24) is 24.3 Å². The number of thioether (sulfide) groups is 1. The Kier molecular flexibility index (Phi) is 6.73. The van der Waals surface area contributed by atoms with Crippen LogP contribution in [0.25, 0.3) is 11.2 Å². The molecule has 0 radical (unpaired) electrons. The first-order chi connectivity index (χ1) is 16.7. The molecule has 188 valence electrons. The number of pyridine rings is 1. The molecular formula is C25H30F3N5OS. The maximum Gasteiger partial charge on any atom is 0.418 e. The number of hydrogen-bond donors (Lipinski definition) is 1. The molecular weight excluding hydrogens is 475 g/mol. The molecule has 1 unspecified atom stereocenters. The van der Waals surface area contributed by atoms with Gasteiger partial charge in [0.25, 0.3) is 0 Å². The zero-order valence-corrected chi connectivity index (χ0v) is 20.6. The SMILES string of the molecule is C[C@H](SC1NN(C2CCCCC2)CN1C)c1cccc(-n2cc3c(C(F)(F)F)cccn3c2=O)c1. The Labute approximate surface area is 206 Å². The minimum absolute atomic E-state index is 0.111. The van der Waals surface area contributed by atoms with Gasteiger partial charge in [-0.2, -0.15) is 13.2 Å². The number of hydrogen-bond acceptors (Lipinski definition) is 5. The predicted octanol–water partition coefficient (Wildman–Crippen LogP) is 5.23. The molecule has 2 atom stereocenters. The highest BCUT2D eigenvalue weighted by Crippen LogP contribution is 2.36. The summed E-state index contributed by atoms with van der Waals surface area (Å²) >= 11 is 1.79. The van der Waals surface area contributed by atoms with Crippen molar-refractivity contribution >= 4 is 17.3 Å². The van der Waals surface area contributed by atoms with Crippen LogP contribution in [0.5, 0.6) is 0 Å². The van der Waals surface area contributed by atoms with E-state index in [4.69, 9.17) is 0 Å². The molecule has 35 heavy (non-hydrogen) atoms. The van der Waals surface area contributed by atoms with Crippen LogP contribution >= 0.6 is 11.8 Å². The van der Waals surface area contributed by atoms with E-state index in [1.807, 2.05) is 18.2 Å². The maximum atomic E-state index is 13.5. The lowest BCUT2D eigenvalue weighted by atomic mass is 9.95. The van der Waals surface area contributed by atoms with Gasteiger partial charge in [0.1, 0.15) is 5.50 Å². The lowest BCUT2D eigenvalue weighted by Gasteiger charge is -2.30. The van der Waals surface area contributed by atoms with E-state index in [1.165, 1.54) is 55.1 Å². The van der Waals surface area contributed by atoms with E-state index in [0.29, 0.717) is 11.7 Å². The van der Waals surface area contributed by atoms with Crippen molar-refractivity contribution in [1.29, 1.82) is 0 Å². The van der Waals surface area contributed by atoms with E-state index in [2.05, 4.69) is 29.3 Å². The molecule has 1 aliphatic carbocycles. The van der Waals surface area contributed by atoms with Crippen molar-refractivity contribution in [3.05, 3.63) is 70.4 Å². The number of benzene rings is 1. The van der Waals surface area contributed by atoms with Crippen LogP contribution in [-0.2, 0) is 6.18 Å². The topological polar surface area (TPSA) is 44.9 Å². The first-order valence-electron chi connectivity index (χ1n) is 12.0. The number of imidazole rings is 1. The van der Waals surface area contributed by atoms with Gasteiger partial charge in [0.05, 0.1) is 23.4 Å². The fourth-order valence-corrected chi connectivity index (χ4v) is 6.24. The van der Waals surface area contributed by atoms with Gasteiger partial charge in [0.2, 0.25) is 0 Å². The Balaban J connectivity index is 1.36. The molecule has 0 bridgehead atoms. The average molecular weight is 506 g/mol. The summed E-state index contributed by atoms with van der Waals surface area (Å²) in [6, 6.07) is 10.3. The molecule has 2 aliphatic rings. The monoisotopic (exact) mass is 505 g/mol. The lowest BCUT2D eigenvalue weighted by molar-refractivity contribution is -0.136. The average Bonchev–Trinajstić information content (AvgIpc) is 3.38. The second kappa shape index (κ2) is 9.65. The number of nitrogens with one attached hydrogen (secondary N) is 1. The summed E-state index contributed by atoms with van der Waals surface area (Å²) < 4.78 is 42.7. The molecule has 1 saturated heterocycles. The summed E-state index contributed by atoms with van der Waals surface area (Å²) in [5, 5.41) is 2.48. The van der Waals surface area contributed by atoms with Crippen LogP contribution < -0.4 is 11.1 Å². The highest BCUT2D eigenvalue weighted by molar-refractivity contribution is 8.00. The minimum atomic E-state index is -4.54. The van der Waals surface area contributed by atoms with Gasteiger partial charge >= 0.3 is 11.9 Å². The Bertz CT molecular complexity index is 1250. The second-order valence-electron chi connectivity index (χ2n) is 9.47. The highest BCUT2D eigenvalue weighted by atomic mass is 32.2. The number of rotatable bonds is 5. The molecule has 0 spiro atoms. The van der Waals surface area contributed by atoms with Crippen LogP contribution in [0.15, 0.2) is 53.6 Å². The molecule has 0 amide bonds. The predicted molar refractivity (Wildman–Crippen MR) is 132 cm³/mol. The van der Waals surface area contributed by atoms with Gasteiger partial charge in [-0.15, -0.1) is 11.8 Å². The zero-order chi connectivity index (χ0) is 24.7. The van der Waals surface area contributed by atoms with E-state index in [1.54, 1.807) is 17.8 Å². The summed E-state index contributed by atoms with van der Waals surface area (Å²) in [7, 11) is 2.11. The summed E-state index contributed by atoms with van der Waals surface area (Å²) in [5.41, 5.74) is 3.85. The Morgan fingerprint density at radius 1 is 1.11 bits per heavy atom. The molecule has 1 N–H and O–H groups in total. The van der Waals surface area contributed by atoms with E-state index in [9.17, 15) is 18.0 Å². The molecule has 6 nitrogen and oxygen atoms in total. The number of hydrazine groups is 1. The third kappa shape index (κ3) is 4.89. The second-order valence-corrected chi connectivity index (χ2v) is 10.9. The van der Waals surface area contributed by atoms with Crippen molar-refractivity contribution in [2.75, 3.05) is 13.7 Å². The summed E-state index contributed by atoms with van der Waals surface area (Å²) in [6.07, 6.45) is 4.45. The van der Waals surface area contributed by atoms with Gasteiger partial charge < -0.3 is 0 Å². The number of aromatic nitrogens is 2. The van der Waals surface area contributed by atoms with E-state index < -0.39 is 17.4 Å². The summed E-state index contributed by atoms with van der Waals surface area (Å²) in [6.45, 7) is 2.99. The molecule has 1 aromatic carbocycles.